The number of hydrogen-bond acceptors (Lipinski definition) is 6. The fourth-order valence-corrected chi connectivity index (χ4v) is 7.65. The van der Waals surface area contributed by atoms with E-state index in [2.05, 4.69) is 10.6 Å². The van der Waals surface area contributed by atoms with Gasteiger partial charge < -0.3 is 29.9 Å². The molecule has 2 heterocycles. The highest BCUT2D eigenvalue weighted by Gasteiger charge is 2.32. The number of ether oxygens (including phenoxy) is 1. The van der Waals surface area contributed by atoms with Crippen molar-refractivity contribution in [3.05, 3.63) is 65.9 Å². The molecule has 1 aliphatic rings. The van der Waals surface area contributed by atoms with E-state index in [1.807, 2.05) is 62.8 Å². The van der Waals surface area contributed by atoms with Gasteiger partial charge in [-0.1, -0.05) is 56.2 Å². The van der Waals surface area contributed by atoms with Crippen molar-refractivity contribution in [1.82, 2.24) is 24.4 Å². The Bertz CT molecular complexity index is 1550. The summed E-state index contributed by atoms with van der Waals surface area (Å²) in [5.41, 5.74) is 2.98. The molecule has 0 aliphatic carbocycles. The van der Waals surface area contributed by atoms with Crippen LogP contribution in [-0.4, -0.2) is 97.3 Å². The molecule has 0 unspecified atom stereocenters. The number of unbranched alkanes of at least 4 members (excludes halogenated alkanes) is 1. The molecular formula is C34H49N5O6S. The highest BCUT2D eigenvalue weighted by Crippen LogP contribution is 2.24. The Balaban J connectivity index is 1.38. The minimum Gasteiger partial charge on any atom is -0.395 e. The first-order chi connectivity index (χ1) is 22.0. The van der Waals surface area contributed by atoms with Gasteiger partial charge in [-0.2, -0.15) is 4.31 Å². The van der Waals surface area contributed by atoms with Crippen molar-refractivity contribution >= 4 is 32.9 Å². The maximum atomic E-state index is 13.6. The fourth-order valence-electron chi connectivity index (χ4n) is 5.84. The van der Waals surface area contributed by atoms with Crippen LogP contribution in [0.5, 0.6) is 0 Å². The molecule has 0 spiro atoms. The van der Waals surface area contributed by atoms with Gasteiger partial charge in [-0.05, 0) is 49.4 Å². The minimum absolute atomic E-state index is 0.0694. The molecule has 3 N–H and O–H groups in total. The first-order valence-electron chi connectivity index (χ1n) is 16.1. The zero-order chi connectivity index (χ0) is 33.3. The number of aromatic nitrogens is 1. The number of aliphatic hydroxyl groups is 1. The predicted octanol–water partition coefficient (Wildman–Crippen LogP) is 3.43. The molecule has 11 nitrogen and oxygen atoms in total. The zero-order valence-electron chi connectivity index (χ0n) is 27.4. The summed E-state index contributed by atoms with van der Waals surface area (Å²) in [6.07, 6.45) is 3.95. The number of benzene rings is 2. The van der Waals surface area contributed by atoms with Crippen LogP contribution in [0.1, 0.15) is 44.2 Å². The van der Waals surface area contributed by atoms with Gasteiger partial charge in [-0.3, -0.25) is 4.79 Å². The van der Waals surface area contributed by atoms with Gasteiger partial charge in [0.2, 0.25) is 15.9 Å². The van der Waals surface area contributed by atoms with Gasteiger partial charge in [0, 0.05) is 62.8 Å². The Morgan fingerprint density at radius 2 is 1.74 bits per heavy atom. The molecule has 4 rings (SSSR count). The summed E-state index contributed by atoms with van der Waals surface area (Å²) in [5.74, 6) is -0.212. The van der Waals surface area contributed by atoms with Crippen LogP contribution >= 0.6 is 0 Å². The molecule has 1 saturated heterocycles. The van der Waals surface area contributed by atoms with Crippen LogP contribution in [0.4, 0.5) is 4.79 Å². The Hall–Kier alpha value is -3.45. The highest BCUT2D eigenvalue weighted by atomic mass is 32.2. The van der Waals surface area contributed by atoms with Crippen molar-refractivity contribution in [2.75, 3.05) is 46.0 Å². The third kappa shape index (κ3) is 9.09. The molecule has 3 aromatic rings. The second kappa shape index (κ2) is 16.4. The summed E-state index contributed by atoms with van der Waals surface area (Å²) in [6, 6.07) is 13.1. The lowest BCUT2D eigenvalue weighted by Gasteiger charge is -2.31. The molecule has 1 fully saturated rings. The van der Waals surface area contributed by atoms with Crippen molar-refractivity contribution in [3.8, 4) is 0 Å². The van der Waals surface area contributed by atoms with Crippen LogP contribution < -0.4 is 10.6 Å². The largest absolute Gasteiger partial charge is 0.395 e. The molecule has 2 aromatic carbocycles. The van der Waals surface area contributed by atoms with E-state index in [1.54, 1.807) is 29.2 Å². The van der Waals surface area contributed by atoms with Gasteiger partial charge >= 0.3 is 6.03 Å². The van der Waals surface area contributed by atoms with Gasteiger partial charge in [0.15, 0.2) is 0 Å². The number of nitrogens with zero attached hydrogens (tertiary/aromatic N) is 3. The Morgan fingerprint density at radius 3 is 2.41 bits per heavy atom. The highest BCUT2D eigenvalue weighted by molar-refractivity contribution is 7.89. The number of rotatable bonds is 15. The molecule has 1 aliphatic heterocycles. The number of nitrogens with one attached hydrogen (secondary N) is 2. The summed E-state index contributed by atoms with van der Waals surface area (Å²) < 4.78 is 36.0. The normalized spacial score (nSPS) is 15.3. The first-order valence-corrected chi connectivity index (χ1v) is 17.6. The maximum Gasteiger partial charge on any atom is 0.318 e. The number of para-hydroxylation sites is 1. The van der Waals surface area contributed by atoms with Crippen molar-refractivity contribution in [3.63, 3.8) is 0 Å². The van der Waals surface area contributed by atoms with Crippen LogP contribution in [-0.2, 0) is 33.0 Å². The average molecular weight is 656 g/mol. The minimum atomic E-state index is -3.81. The van der Waals surface area contributed by atoms with Crippen LogP contribution in [0, 0.1) is 12.8 Å². The second-order valence-electron chi connectivity index (χ2n) is 12.5. The van der Waals surface area contributed by atoms with Crippen molar-refractivity contribution < 1.29 is 27.9 Å². The van der Waals surface area contributed by atoms with E-state index >= 15 is 0 Å². The molecule has 0 saturated carbocycles. The van der Waals surface area contributed by atoms with E-state index in [0.29, 0.717) is 58.5 Å². The topological polar surface area (TPSA) is 133 Å². The average Bonchev–Trinajstić information content (AvgIpc) is 3.36. The van der Waals surface area contributed by atoms with E-state index in [9.17, 15) is 23.1 Å². The number of fused-ring (bicyclic) bond motifs is 1. The maximum absolute atomic E-state index is 13.6. The lowest BCUT2D eigenvalue weighted by atomic mass is 10.0. The zero-order valence-corrected chi connectivity index (χ0v) is 28.3. The van der Waals surface area contributed by atoms with Gasteiger partial charge in [0.25, 0.3) is 0 Å². The molecule has 1 aromatic heterocycles. The van der Waals surface area contributed by atoms with E-state index in [1.165, 1.54) is 4.31 Å². The summed E-state index contributed by atoms with van der Waals surface area (Å²) in [7, 11) is -1.85. The number of urea groups is 1. The third-order valence-corrected chi connectivity index (χ3v) is 10.3. The molecule has 0 bridgehead atoms. The smallest absolute Gasteiger partial charge is 0.318 e. The monoisotopic (exact) mass is 655 g/mol. The number of aryl methyl sites for hydroxylation is 2. The predicted molar refractivity (Wildman–Crippen MR) is 179 cm³/mol. The number of hydrogen-bond donors (Lipinski definition) is 3. The quantitative estimate of drug-likeness (QED) is 0.215. The molecule has 252 valence electrons. The number of carbonyl (C=O) groups is 2. The van der Waals surface area contributed by atoms with Gasteiger partial charge in [0.05, 0.1) is 24.7 Å². The fraction of sp³-hybridized carbons (Fsp3) is 0.529. The molecule has 46 heavy (non-hydrogen) atoms. The SMILES string of the molecule is Cc1ccc(S(=O)(=O)N(CC(C)C)[C@H](CO)CCCCNC(=O)[C@H](Cc2cn(C)c3ccccc23)NC(=O)N2CCOCC2)cc1. The second-order valence-corrected chi connectivity index (χ2v) is 14.4. The lowest BCUT2D eigenvalue weighted by molar-refractivity contribution is -0.123. The number of sulfonamides is 1. The lowest BCUT2D eigenvalue weighted by Crippen LogP contribution is -2.54. The van der Waals surface area contributed by atoms with E-state index in [-0.39, 0.29) is 35.9 Å². The number of carbonyl (C=O) groups excluding carboxylic acids is 2. The summed E-state index contributed by atoms with van der Waals surface area (Å²) in [4.78, 5) is 28.5. The Labute approximate surface area is 272 Å². The van der Waals surface area contributed by atoms with Crippen molar-refractivity contribution in [2.45, 2.75) is 63.4 Å². The van der Waals surface area contributed by atoms with E-state index in [0.717, 1.165) is 22.0 Å². The summed E-state index contributed by atoms with van der Waals surface area (Å²) in [5, 5.41) is 17.2. The van der Waals surface area contributed by atoms with Gasteiger partial charge in [-0.25, -0.2) is 13.2 Å². The Morgan fingerprint density at radius 1 is 1.04 bits per heavy atom. The number of amides is 3. The van der Waals surface area contributed by atoms with Gasteiger partial charge in [0.1, 0.15) is 6.04 Å². The van der Waals surface area contributed by atoms with E-state index < -0.39 is 22.1 Å². The van der Waals surface area contributed by atoms with Crippen LogP contribution in [0.3, 0.4) is 0 Å². The molecular weight excluding hydrogens is 606 g/mol. The number of aliphatic hydroxyl groups excluding tert-OH is 1. The van der Waals surface area contributed by atoms with Crippen LogP contribution in [0.2, 0.25) is 0 Å². The van der Waals surface area contributed by atoms with Gasteiger partial charge in [-0.15, -0.1) is 0 Å². The molecule has 2 atom stereocenters. The van der Waals surface area contributed by atoms with Crippen LogP contribution in [0.15, 0.2) is 59.6 Å². The van der Waals surface area contributed by atoms with Crippen molar-refractivity contribution in [2.24, 2.45) is 13.0 Å². The van der Waals surface area contributed by atoms with Crippen molar-refractivity contribution in [1.29, 1.82) is 0 Å². The standard InChI is InChI=1S/C34H49N5O6S/c1-25(2)22-39(46(43,44)29-14-12-26(3)13-15-29)28(24-40)9-7-8-16-35-33(41)31(36-34(42)38-17-19-45-20-18-38)21-27-23-37(4)32-11-6-5-10-30(27)32/h5-6,10-15,23,25,28,31,40H,7-9,16-22,24H2,1-4H3,(H,35,41)(H,36,42)/t28-,31-/m0/s1. The van der Waals surface area contributed by atoms with E-state index in [4.69, 9.17) is 4.74 Å². The third-order valence-electron chi connectivity index (χ3n) is 8.37. The molecule has 12 heteroatoms. The Kier molecular flexibility index (Phi) is 12.6. The van der Waals surface area contributed by atoms with Crippen LogP contribution in [0.25, 0.3) is 10.9 Å². The molecule has 3 amide bonds. The number of morpholine rings is 1. The summed E-state index contributed by atoms with van der Waals surface area (Å²) in [6.45, 7) is 8.01. The first kappa shape index (κ1) is 35.4. The summed E-state index contributed by atoms with van der Waals surface area (Å²) >= 11 is 0. The molecule has 0 radical (unpaired) electrons.